The molecule has 2 aromatic rings. The van der Waals surface area contributed by atoms with Crippen LogP contribution in [0.5, 0.6) is 11.5 Å². The maximum atomic E-state index is 5.92. The molecular formula is C19H23ClN2O2. The first-order valence-electron chi connectivity index (χ1n) is 8.31. The Hall–Kier alpha value is -2.07. The molecule has 0 aliphatic carbocycles. The predicted molar refractivity (Wildman–Crippen MR) is 99.3 cm³/mol. The lowest BCUT2D eigenvalue weighted by atomic mass is 10.1. The molecule has 24 heavy (non-hydrogen) atoms. The largest absolute Gasteiger partial charge is 0.494 e. The molecule has 4 nitrogen and oxygen atoms in total. The van der Waals surface area contributed by atoms with E-state index in [0.29, 0.717) is 6.61 Å². The molecule has 0 amide bonds. The fourth-order valence-corrected chi connectivity index (χ4v) is 3.01. The van der Waals surface area contributed by atoms with Crippen molar-refractivity contribution in [1.82, 2.24) is 0 Å². The van der Waals surface area contributed by atoms with E-state index in [2.05, 4.69) is 11.8 Å². The molecule has 5 heteroatoms. The van der Waals surface area contributed by atoms with Gasteiger partial charge in [0, 0.05) is 17.3 Å². The standard InChI is InChI=1S/C19H23ClN2O2/c1-14-13-22(18-12-16(21)6-9-19(18)24-14)10-2-3-11-23-17-7-4-15(20)5-8-17/h4-9,12,14H,2-3,10-11,13,21H2,1H3. The molecule has 0 radical (unpaired) electrons. The Morgan fingerprint density at radius 1 is 1.21 bits per heavy atom. The second-order valence-electron chi connectivity index (χ2n) is 6.11. The van der Waals surface area contributed by atoms with Crippen LogP contribution < -0.4 is 20.1 Å². The molecule has 0 fully saturated rings. The molecule has 1 unspecified atom stereocenters. The van der Waals surface area contributed by atoms with Crippen molar-refractivity contribution in [2.45, 2.75) is 25.9 Å². The Kier molecular flexibility index (Phi) is 5.36. The van der Waals surface area contributed by atoms with E-state index < -0.39 is 0 Å². The van der Waals surface area contributed by atoms with Gasteiger partial charge < -0.3 is 20.1 Å². The van der Waals surface area contributed by atoms with Crippen LogP contribution in [0.15, 0.2) is 42.5 Å². The number of halogens is 1. The Morgan fingerprint density at radius 3 is 2.79 bits per heavy atom. The molecule has 1 aliphatic rings. The maximum absolute atomic E-state index is 5.92. The summed E-state index contributed by atoms with van der Waals surface area (Å²) < 4.78 is 11.6. The van der Waals surface area contributed by atoms with Gasteiger partial charge in [-0.3, -0.25) is 0 Å². The van der Waals surface area contributed by atoms with Gasteiger partial charge in [-0.25, -0.2) is 0 Å². The first kappa shape index (κ1) is 16.8. The summed E-state index contributed by atoms with van der Waals surface area (Å²) in [6.45, 7) is 4.64. The molecule has 1 heterocycles. The van der Waals surface area contributed by atoms with E-state index in [1.807, 2.05) is 42.5 Å². The summed E-state index contributed by atoms with van der Waals surface area (Å²) in [5, 5.41) is 0.724. The van der Waals surface area contributed by atoms with Gasteiger partial charge in [0.2, 0.25) is 0 Å². The number of nitrogens with two attached hydrogens (primary N) is 1. The molecule has 0 spiro atoms. The number of hydrogen-bond donors (Lipinski definition) is 1. The van der Waals surface area contributed by atoms with E-state index in [1.165, 1.54) is 0 Å². The average Bonchev–Trinajstić information content (AvgIpc) is 2.56. The maximum Gasteiger partial charge on any atom is 0.143 e. The predicted octanol–water partition coefficient (Wildman–Crippen LogP) is 4.37. The van der Waals surface area contributed by atoms with Crippen molar-refractivity contribution in [1.29, 1.82) is 0 Å². The van der Waals surface area contributed by atoms with Crippen molar-refractivity contribution in [2.75, 3.05) is 30.3 Å². The lowest BCUT2D eigenvalue weighted by Gasteiger charge is -2.35. The summed E-state index contributed by atoms with van der Waals surface area (Å²) in [4.78, 5) is 2.35. The number of anilines is 2. The van der Waals surface area contributed by atoms with Gasteiger partial charge in [-0.1, -0.05) is 11.6 Å². The minimum Gasteiger partial charge on any atom is -0.494 e. The normalized spacial score (nSPS) is 16.4. The lowest BCUT2D eigenvalue weighted by Crippen LogP contribution is -2.39. The first-order valence-corrected chi connectivity index (χ1v) is 8.69. The molecular weight excluding hydrogens is 324 g/mol. The average molecular weight is 347 g/mol. The molecule has 2 N–H and O–H groups in total. The van der Waals surface area contributed by atoms with E-state index in [1.54, 1.807) is 0 Å². The summed E-state index contributed by atoms with van der Waals surface area (Å²) in [6, 6.07) is 13.3. The van der Waals surface area contributed by atoms with Crippen LogP contribution in [0, 0.1) is 0 Å². The van der Waals surface area contributed by atoms with E-state index >= 15 is 0 Å². The molecule has 3 rings (SSSR count). The zero-order valence-corrected chi connectivity index (χ0v) is 14.6. The second-order valence-corrected chi connectivity index (χ2v) is 6.55. The molecule has 1 aliphatic heterocycles. The monoisotopic (exact) mass is 346 g/mol. The van der Waals surface area contributed by atoms with Gasteiger partial charge >= 0.3 is 0 Å². The summed E-state index contributed by atoms with van der Waals surface area (Å²) in [7, 11) is 0. The van der Waals surface area contributed by atoms with Gasteiger partial charge in [0.1, 0.15) is 17.6 Å². The fourth-order valence-electron chi connectivity index (χ4n) is 2.88. The van der Waals surface area contributed by atoms with Crippen LogP contribution in [0.3, 0.4) is 0 Å². The van der Waals surface area contributed by atoms with Crippen LogP contribution in [0.4, 0.5) is 11.4 Å². The van der Waals surface area contributed by atoms with Gasteiger partial charge in [-0.2, -0.15) is 0 Å². The molecule has 0 aromatic heterocycles. The highest BCUT2D eigenvalue weighted by atomic mass is 35.5. The highest BCUT2D eigenvalue weighted by molar-refractivity contribution is 6.30. The zero-order chi connectivity index (χ0) is 16.9. The van der Waals surface area contributed by atoms with E-state index in [0.717, 1.165) is 53.8 Å². The number of hydrogen-bond acceptors (Lipinski definition) is 4. The molecule has 1 atom stereocenters. The third kappa shape index (κ3) is 4.26. The smallest absolute Gasteiger partial charge is 0.143 e. The lowest BCUT2D eigenvalue weighted by molar-refractivity contribution is 0.212. The second kappa shape index (κ2) is 7.67. The number of rotatable bonds is 6. The van der Waals surface area contributed by atoms with Crippen LogP contribution in [-0.4, -0.2) is 25.8 Å². The Bertz CT molecular complexity index is 676. The molecule has 0 saturated heterocycles. The van der Waals surface area contributed by atoms with E-state index in [-0.39, 0.29) is 6.10 Å². The Labute approximate surface area is 148 Å². The number of ether oxygens (including phenoxy) is 2. The van der Waals surface area contributed by atoms with Gasteiger partial charge in [0.05, 0.1) is 18.8 Å². The van der Waals surface area contributed by atoms with Gasteiger partial charge in [-0.05, 0) is 62.2 Å². The van der Waals surface area contributed by atoms with Crippen LogP contribution in [0.2, 0.25) is 5.02 Å². The quantitative estimate of drug-likeness (QED) is 0.623. The number of unbranched alkanes of at least 4 members (excludes halogenated alkanes) is 1. The van der Waals surface area contributed by atoms with Crippen molar-refractivity contribution in [3.8, 4) is 11.5 Å². The summed E-state index contributed by atoms with van der Waals surface area (Å²) in [6.07, 6.45) is 2.23. The highest BCUT2D eigenvalue weighted by Gasteiger charge is 2.22. The van der Waals surface area contributed by atoms with Crippen LogP contribution in [-0.2, 0) is 0 Å². The molecule has 2 aromatic carbocycles. The van der Waals surface area contributed by atoms with E-state index in [4.69, 9.17) is 26.8 Å². The van der Waals surface area contributed by atoms with Crippen molar-refractivity contribution < 1.29 is 9.47 Å². The minimum absolute atomic E-state index is 0.187. The van der Waals surface area contributed by atoms with E-state index in [9.17, 15) is 0 Å². The summed E-state index contributed by atoms with van der Waals surface area (Å²) >= 11 is 5.87. The first-order chi connectivity index (χ1) is 11.6. The SMILES string of the molecule is CC1CN(CCCCOc2ccc(Cl)cc2)c2cc(N)ccc2O1. The van der Waals surface area contributed by atoms with Gasteiger partial charge in [0.25, 0.3) is 0 Å². The number of benzene rings is 2. The van der Waals surface area contributed by atoms with Crippen molar-refractivity contribution in [3.05, 3.63) is 47.5 Å². The molecule has 0 saturated carbocycles. The number of nitrogens with zero attached hydrogens (tertiary/aromatic N) is 1. The van der Waals surface area contributed by atoms with Crippen molar-refractivity contribution in [2.24, 2.45) is 0 Å². The van der Waals surface area contributed by atoms with Crippen LogP contribution >= 0.6 is 11.6 Å². The minimum atomic E-state index is 0.187. The Balaban J connectivity index is 1.48. The number of fused-ring (bicyclic) bond motifs is 1. The number of nitrogen functional groups attached to an aromatic ring is 1. The van der Waals surface area contributed by atoms with Gasteiger partial charge in [0.15, 0.2) is 0 Å². The highest BCUT2D eigenvalue weighted by Crippen LogP contribution is 2.35. The topological polar surface area (TPSA) is 47.7 Å². The van der Waals surface area contributed by atoms with Crippen molar-refractivity contribution >= 4 is 23.0 Å². The third-order valence-corrected chi connectivity index (χ3v) is 4.29. The summed E-state index contributed by atoms with van der Waals surface area (Å²) in [5.41, 5.74) is 7.77. The Morgan fingerprint density at radius 2 is 2.00 bits per heavy atom. The molecule has 0 bridgehead atoms. The third-order valence-electron chi connectivity index (χ3n) is 4.03. The zero-order valence-electron chi connectivity index (χ0n) is 13.9. The van der Waals surface area contributed by atoms with Crippen LogP contribution in [0.25, 0.3) is 0 Å². The van der Waals surface area contributed by atoms with Crippen molar-refractivity contribution in [3.63, 3.8) is 0 Å². The summed E-state index contributed by atoms with van der Waals surface area (Å²) in [5.74, 6) is 1.78. The van der Waals surface area contributed by atoms with Gasteiger partial charge in [-0.15, -0.1) is 0 Å². The molecule has 128 valence electrons. The fraction of sp³-hybridized carbons (Fsp3) is 0.368. The van der Waals surface area contributed by atoms with Crippen LogP contribution in [0.1, 0.15) is 19.8 Å².